The van der Waals surface area contributed by atoms with Gasteiger partial charge in [-0.15, -0.1) is 0 Å². The maximum Gasteiger partial charge on any atom is 0.326 e. The topological polar surface area (TPSA) is 548 Å². The average molecular weight is 1280 g/mol. The highest BCUT2D eigenvalue weighted by Crippen LogP contribution is 2.22. The summed E-state index contributed by atoms with van der Waals surface area (Å²) in [5, 5.41) is 81.5. The van der Waals surface area contributed by atoms with Crippen molar-refractivity contribution in [3.05, 3.63) is 0 Å². The van der Waals surface area contributed by atoms with Gasteiger partial charge in [0, 0.05) is 37.6 Å². The Balaban J connectivity index is 2.14. The van der Waals surface area contributed by atoms with E-state index < -0.39 is 187 Å². The van der Waals surface area contributed by atoms with Crippen LogP contribution < -0.4 is 65.1 Å². The number of carboxylic acids is 2. The van der Waals surface area contributed by atoms with E-state index in [1.165, 1.54) is 11.8 Å². The molecule has 21 N–H and O–H groups in total. The van der Waals surface area contributed by atoms with E-state index in [1.807, 2.05) is 0 Å². The lowest BCUT2D eigenvalue weighted by atomic mass is 10.0. The van der Waals surface area contributed by atoms with Crippen molar-refractivity contribution in [2.45, 2.75) is 190 Å². The summed E-state index contributed by atoms with van der Waals surface area (Å²) in [6, 6.07) is -18.1. The van der Waals surface area contributed by atoms with E-state index in [2.05, 4.69) is 78.1 Å². The molecular formula is C51H87N15O19S2. The molecule has 36 heteroatoms. The number of aliphatic hydroxyl groups excluding tert-OH is 4. The number of carboxylic acid groups (broad SMARTS) is 2. The maximum atomic E-state index is 13.9. The van der Waals surface area contributed by atoms with Crippen LogP contribution in [0.1, 0.15) is 99.3 Å². The molecule has 15 atom stereocenters. The van der Waals surface area contributed by atoms with Crippen molar-refractivity contribution in [1.82, 2.24) is 57.7 Å². The molecule has 2 rings (SSSR count). The Kier molecular flexibility index (Phi) is 32.2. The third kappa shape index (κ3) is 24.2. The molecule has 87 heavy (non-hydrogen) atoms. The van der Waals surface area contributed by atoms with Gasteiger partial charge in [0.15, 0.2) is 5.96 Å². The van der Waals surface area contributed by atoms with Gasteiger partial charge in [-0.05, 0) is 85.0 Å². The predicted octanol–water partition coefficient (Wildman–Crippen LogP) is -8.28. The first-order chi connectivity index (χ1) is 40.7. The van der Waals surface area contributed by atoms with E-state index in [-0.39, 0.29) is 75.8 Å². The van der Waals surface area contributed by atoms with Crippen LogP contribution in [-0.2, 0) is 62.3 Å². The number of thiol groups is 2. The van der Waals surface area contributed by atoms with E-state index in [0.717, 1.165) is 25.7 Å². The van der Waals surface area contributed by atoms with Crippen LogP contribution in [0.25, 0.3) is 0 Å². The van der Waals surface area contributed by atoms with Crippen LogP contribution in [0.3, 0.4) is 0 Å². The number of amides is 11. The van der Waals surface area contributed by atoms with Gasteiger partial charge in [0.1, 0.15) is 66.5 Å². The maximum absolute atomic E-state index is 13.9. The number of guanidine groups is 1. The molecule has 0 spiro atoms. The number of carbonyl (C=O) groups excluding carboxylic acids is 11. The highest BCUT2D eigenvalue weighted by atomic mass is 32.1. The molecule has 0 bridgehead atoms. The summed E-state index contributed by atoms with van der Waals surface area (Å²) in [5.41, 5.74) is 16.7. The van der Waals surface area contributed by atoms with Crippen molar-refractivity contribution in [3.63, 3.8) is 0 Å². The second-order valence-electron chi connectivity index (χ2n) is 21.6. The lowest BCUT2D eigenvalue weighted by molar-refractivity contribution is -0.145. The summed E-state index contributed by atoms with van der Waals surface area (Å²) in [6.07, 6.45) is -4.73. The fraction of sp³-hybridized carbons (Fsp3) is 0.725. The molecule has 11 amide bonds. The van der Waals surface area contributed by atoms with Crippen LogP contribution in [0.5, 0.6) is 0 Å². The summed E-state index contributed by atoms with van der Waals surface area (Å²) in [6.45, 7) is 7.17. The van der Waals surface area contributed by atoms with Gasteiger partial charge in [0.25, 0.3) is 0 Å². The van der Waals surface area contributed by atoms with Crippen molar-refractivity contribution in [2.24, 2.45) is 28.1 Å². The van der Waals surface area contributed by atoms with Crippen molar-refractivity contribution in [2.75, 3.05) is 37.7 Å². The summed E-state index contributed by atoms with van der Waals surface area (Å²) < 4.78 is 0. The lowest BCUT2D eigenvalue weighted by Gasteiger charge is -2.31. The molecule has 0 aliphatic carbocycles. The van der Waals surface area contributed by atoms with Crippen LogP contribution in [0.2, 0.25) is 0 Å². The number of nitrogens with zero attached hydrogens (tertiary/aromatic N) is 3. The third-order valence-electron chi connectivity index (χ3n) is 13.9. The Bertz CT molecular complexity index is 2470. The van der Waals surface area contributed by atoms with Crippen molar-refractivity contribution >= 4 is 108 Å². The Hall–Kier alpha value is -7.12. The second-order valence-corrected chi connectivity index (χ2v) is 22.3. The zero-order valence-electron chi connectivity index (χ0n) is 49.3. The molecule has 2 fully saturated rings. The number of rotatable bonds is 36. The van der Waals surface area contributed by atoms with Gasteiger partial charge in [-0.1, -0.05) is 13.8 Å². The van der Waals surface area contributed by atoms with Gasteiger partial charge in [-0.25, -0.2) is 4.79 Å². The van der Waals surface area contributed by atoms with Gasteiger partial charge in [-0.2, -0.15) is 25.3 Å². The molecule has 2 aliphatic rings. The molecule has 492 valence electrons. The first-order valence-electron chi connectivity index (χ1n) is 28.2. The Labute approximate surface area is 513 Å². The largest absolute Gasteiger partial charge is 0.481 e. The first kappa shape index (κ1) is 76.0. The molecule has 2 aliphatic heterocycles. The van der Waals surface area contributed by atoms with Crippen molar-refractivity contribution in [1.29, 1.82) is 0 Å². The van der Waals surface area contributed by atoms with Crippen molar-refractivity contribution in [3.8, 4) is 0 Å². The highest BCUT2D eigenvalue weighted by Gasteiger charge is 2.43. The Morgan fingerprint density at radius 1 is 0.540 bits per heavy atom. The van der Waals surface area contributed by atoms with Gasteiger partial charge >= 0.3 is 11.9 Å². The minimum atomic E-state index is -1.95. The number of nitrogens with one attached hydrogen (secondary N) is 9. The van der Waals surface area contributed by atoms with Crippen molar-refractivity contribution < 1.29 is 93.0 Å². The van der Waals surface area contributed by atoms with E-state index in [0.29, 0.717) is 12.8 Å². The lowest BCUT2D eigenvalue weighted by Crippen LogP contribution is -2.64. The number of aliphatic carboxylic acids is 2. The molecule has 2 saturated heterocycles. The average Bonchev–Trinajstić information content (AvgIpc) is 3.65. The molecule has 0 radical (unpaired) electrons. The summed E-state index contributed by atoms with van der Waals surface area (Å²) in [7, 11) is 0. The predicted molar refractivity (Wildman–Crippen MR) is 314 cm³/mol. The number of likely N-dealkylation sites (tertiary alicyclic amines) is 2. The van der Waals surface area contributed by atoms with E-state index in [4.69, 9.17) is 17.2 Å². The van der Waals surface area contributed by atoms with Gasteiger partial charge in [-0.3, -0.25) is 62.5 Å². The quantitative estimate of drug-likeness (QED) is 0.0120. The normalized spacial score (nSPS) is 19.2. The minimum Gasteiger partial charge on any atom is -0.481 e. The number of carbonyl (C=O) groups is 13. The summed E-state index contributed by atoms with van der Waals surface area (Å²) in [5.74, 6) is -14.7. The first-order valence-corrected chi connectivity index (χ1v) is 29.4. The zero-order chi connectivity index (χ0) is 66.2. The second kappa shape index (κ2) is 36.9. The number of aliphatic hydroxyl groups is 4. The van der Waals surface area contributed by atoms with Crippen LogP contribution in [0.15, 0.2) is 4.99 Å². The smallest absolute Gasteiger partial charge is 0.326 e. The third-order valence-corrected chi connectivity index (χ3v) is 14.7. The number of nitrogens with two attached hydrogens (primary N) is 3. The molecule has 0 unspecified atom stereocenters. The number of hydrogen-bond donors (Lipinski definition) is 20. The zero-order valence-corrected chi connectivity index (χ0v) is 51.1. The molecule has 0 aromatic carbocycles. The molecule has 0 aromatic heterocycles. The summed E-state index contributed by atoms with van der Waals surface area (Å²) >= 11 is 8.15. The highest BCUT2D eigenvalue weighted by molar-refractivity contribution is 7.80. The minimum absolute atomic E-state index is 0.0149. The Morgan fingerprint density at radius 3 is 1.39 bits per heavy atom. The van der Waals surface area contributed by atoms with Crippen LogP contribution >= 0.6 is 25.3 Å². The monoisotopic (exact) mass is 1280 g/mol. The molecular weight excluding hydrogens is 1190 g/mol. The van der Waals surface area contributed by atoms with Gasteiger partial charge in [0.2, 0.25) is 65.0 Å². The fourth-order valence-corrected chi connectivity index (χ4v) is 9.70. The molecule has 34 nitrogen and oxygen atoms in total. The van der Waals surface area contributed by atoms with E-state index in [9.17, 15) is 93.0 Å². The Morgan fingerprint density at radius 2 is 0.954 bits per heavy atom. The number of hydrogen-bond acceptors (Lipinski definition) is 21. The fourth-order valence-electron chi connectivity index (χ4n) is 9.19. The summed E-state index contributed by atoms with van der Waals surface area (Å²) in [4.78, 5) is 178. The van der Waals surface area contributed by atoms with Crippen LogP contribution in [0, 0.1) is 5.92 Å². The van der Waals surface area contributed by atoms with Crippen LogP contribution in [-0.4, -0.2) is 252 Å². The molecule has 0 saturated carbocycles. The number of aliphatic imine (C=N–C) groups is 1. The van der Waals surface area contributed by atoms with Gasteiger partial charge < -0.3 is 105 Å². The van der Waals surface area contributed by atoms with E-state index >= 15 is 0 Å². The molecule has 2 heterocycles. The molecule has 0 aromatic rings. The van der Waals surface area contributed by atoms with Crippen LogP contribution in [0.4, 0.5) is 0 Å². The SMILES string of the molecule is CC(C)C[C@H](NC(=O)[C@H](CS)NC(=O)[C@@H](NC(=O)[C@@H](NC(=O)[C@@H](NC(=O)[C@H](CS)NC(=O)[C@H](CO)NC(=O)[C@@H]1CCCN1C(=O)[C@H](C)NC(=O)[C@@H]1CCCN1C(=O)[C@H](CCC(=O)O)NC(=O)[C@@H](N)CCCN=C(N)N)[C@@H](C)O)[C@@H](C)O)[C@@H](C)O)C(=O)O. The standard InChI is InChI=1S/C51H87N15O19S2/c1-22(2)18-29(50(84)85)58-41(75)31(20-86)61-45(79)36(24(4)68)63-47(81)38(26(6)70)64-46(80)37(25(5)69)62-42(76)32(21-87)60-40(74)30(19-67)59-44(78)34-12-8-16-65(34)48(82)23(3)56-43(77)33-11-9-17-66(33)49(83)28(13-14-35(71)72)57-39(73)27(52)10-7-15-55-51(53)54/h22-34,36-38,67-70,86-87H,7-21,52H2,1-6H3,(H,56,77)(H,57,73)(H,58,75)(H,59,78)(H,60,74)(H,61,79)(H,62,76)(H,63,81)(H,64,80)(H,71,72)(H,84,85)(H4,53,54,55)/t23-,24+,25+,26+,27-,28-,29-,30-,31-,32-,33-,34-,36-,37-,38-/m0/s1. The van der Waals surface area contributed by atoms with E-state index in [1.54, 1.807) is 13.8 Å². The van der Waals surface area contributed by atoms with Gasteiger partial charge in [0.05, 0.1) is 31.0 Å².